The van der Waals surface area contributed by atoms with E-state index in [9.17, 15) is 9.90 Å². The van der Waals surface area contributed by atoms with Crippen molar-refractivity contribution in [1.82, 2.24) is 9.55 Å². The molecule has 1 heterocycles. The van der Waals surface area contributed by atoms with E-state index in [2.05, 4.69) is 11.9 Å². The SMILES string of the molecule is CCCCSc1nc(O)c(CC)c(=O)n1-c1ccccc1. The van der Waals surface area contributed by atoms with Crippen LogP contribution in [0.1, 0.15) is 32.3 Å². The minimum Gasteiger partial charge on any atom is -0.493 e. The van der Waals surface area contributed by atoms with E-state index in [1.54, 1.807) is 4.57 Å². The van der Waals surface area contributed by atoms with Crippen LogP contribution >= 0.6 is 11.8 Å². The number of nitrogens with zero attached hydrogens (tertiary/aromatic N) is 2. The lowest BCUT2D eigenvalue weighted by atomic mass is 10.2. The highest BCUT2D eigenvalue weighted by atomic mass is 32.2. The van der Waals surface area contributed by atoms with Crippen molar-refractivity contribution in [3.8, 4) is 11.6 Å². The van der Waals surface area contributed by atoms with E-state index in [4.69, 9.17) is 0 Å². The lowest BCUT2D eigenvalue weighted by molar-refractivity contribution is 0.432. The Hall–Kier alpha value is -1.75. The highest BCUT2D eigenvalue weighted by Crippen LogP contribution is 2.23. The molecular formula is C16H20N2O2S. The Morgan fingerprint density at radius 1 is 1.24 bits per heavy atom. The molecule has 0 unspecified atom stereocenters. The third-order valence-corrected chi connectivity index (χ3v) is 4.25. The summed E-state index contributed by atoms with van der Waals surface area (Å²) in [5.41, 5.74) is 0.956. The first-order chi connectivity index (χ1) is 10.2. The van der Waals surface area contributed by atoms with Crippen LogP contribution in [0.25, 0.3) is 5.69 Å². The molecule has 0 aliphatic carbocycles. The number of hydrogen-bond donors (Lipinski definition) is 1. The lowest BCUT2D eigenvalue weighted by Crippen LogP contribution is -2.25. The number of hydrogen-bond acceptors (Lipinski definition) is 4. The van der Waals surface area contributed by atoms with Gasteiger partial charge in [-0.1, -0.05) is 50.2 Å². The van der Waals surface area contributed by atoms with Crippen LogP contribution in [-0.2, 0) is 6.42 Å². The second-order valence-electron chi connectivity index (χ2n) is 4.73. The molecule has 21 heavy (non-hydrogen) atoms. The number of thioether (sulfide) groups is 1. The minimum atomic E-state index is -0.185. The van der Waals surface area contributed by atoms with Gasteiger partial charge in [-0.3, -0.25) is 9.36 Å². The summed E-state index contributed by atoms with van der Waals surface area (Å²) >= 11 is 1.51. The fourth-order valence-corrected chi connectivity index (χ4v) is 3.13. The number of unbranched alkanes of at least 4 members (excludes halogenated alkanes) is 1. The summed E-state index contributed by atoms with van der Waals surface area (Å²) in [6.07, 6.45) is 2.59. The van der Waals surface area contributed by atoms with Crippen LogP contribution in [0.5, 0.6) is 5.88 Å². The van der Waals surface area contributed by atoms with Gasteiger partial charge in [0.1, 0.15) is 0 Å². The number of para-hydroxylation sites is 1. The van der Waals surface area contributed by atoms with Crippen molar-refractivity contribution in [1.29, 1.82) is 0 Å². The van der Waals surface area contributed by atoms with Crippen LogP contribution in [0, 0.1) is 0 Å². The van der Waals surface area contributed by atoms with Crippen LogP contribution in [0.2, 0.25) is 0 Å². The van der Waals surface area contributed by atoms with E-state index >= 15 is 0 Å². The summed E-state index contributed by atoms with van der Waals surface area (Å²) in [6, 6.07) is 9.45. The Morgan fingerprint density at radius 2 is 1.95 bits per heavy atom. The van der Waals surface area contributed by atoms with Crippen molar-refractivity contribution in [2.45, 2.75) is 38.3 Å². The Kier molecular flexibility index (Phi) is 5.44. The molecule has 4 nitrogen and oxygen atoms in total. The lowest BCUT2D eigenvalue weighted by Gasteiger charge is -2.13. The first kappa shape index (κ1) is 15.6. The highest BCUT2D eigenvalue weighted by molar-refractivity contribution is 7.99. The Balaban J connectivity index is 2.55. The van der Waals surface area contributed by atoms with E-state index in [-0.39, 0.29) is 11.4 Å². The molecule has 0 aliphatic heterocycles. The van der Waals surface area contributed by atoms with Crippen molar-refractivity contribution in [2.75, 3.05) is 5.75 Å². The number of benzene rings is 1. The van der Waals surface area contributed by atoms with Gasteiger partial charge in [0.05, 0.1) is 11.3 Å². The average molecular weight is 304 g/mol. The normalized spacial score (nSPS) is 10.8. The van der Waals surface area contributed by atoms with E-state index in [0.717, 1.165) is 24.3 Å². The van der Waals surface area contributed by atoms with Gasteiger partial charge in [0.2, 0.25) is 5.88 Å². The van der Waals surface area contributed by atoms with Gasteiger partial charge < -0.3 is 5.11 Å². The molecule has 0 fully saturated rings. The molecule has 112 valence electrons. The van der Waals surface area contributed by atoms with Crippen LogP contribution in [0.4, 0.5) is 0 Å². The Bertz CT molecular complexity index is 653. The minimum absolute atomic E-state index is 0.145. The number of aromatic hydroxyl groups is 1. The molecule has 1 aromatic carbocycles. The smallest absolute Gasteiger partial charge is 0.265 e. The fourth-order valence-electron chi connectivity index (χ4n) is 2.04. The summed E-state index contributed by atoms with van der Waals surface area (Å²) in [5.74, 6) is 0.731. The molecule has 0 bridgehead atoms. The van der Waals surface area contributed by atoms with Gasteiger partial charge in [0, 0.05) is 5.75 Å². The van der Waals surface area contributed by atoms with Crippen LogP contribution in [0.3, 0.4) is 0 Å². The predicted octanol–water partition coefficient (Wildman–Crippen LogP) is 3.39. The van der Waals surface area contributed by atoms with E-state index < -0.39 is 0 Å². The zero-order chi connectivity index (χ0) is 15.2. The molecule has 0 radical (unpaired) electrons. The third kappa shape index (κ3) is 3.47. The van der Waals surface area contributed by atoms with Gasteiger partial charge in [-0.2, -0.15) is 4.98 Å². The van der Waals surface area contributed by atoms with Crippen LogP contribution in [0.15, 0.2) is 40.3 Å². The zero-order valence-electron chi connectivity index (χ0n) is 12.4. The molecule has 0 saturated heterocycles. The van der Waals surface area contributed by atoms with Crippen molar-refractivity contribution in [3.05, 3.63) is 46.2 Å². The van der Waals surface area contributed by atoms with Crippen molar-refractivity contribution in [2.24, 2.45) is 0 Å². The maximum absolute atomic E-state index is 12.6. The molecule has 1 aromatic heterocycles. The molecule has 0 aliphatic rings. The summed E-state index contributed by atoms with van der Waals surface area (Å²) in [7, 11) is 0. The monoisotopic (exact) mass is 304 g/mol. The summed E-state index contributed by atoms with van der Waals surface area (Å²) in [5, 5.41) is 10.5. The van der Waals surface area contributed by atoms with E-state index in [1.807, 2.05) is 37.3 Å². The van der Waals surface area contributed by atoms with Crippen LogP contribution in [-0.4, -0.2) is 20.4 Å². The van der Waals surface area contributed by atoms with Gasteiger partial charge in [0.25, 0.3) is 5.56 Å². The summed E-state index contributed by atoms with van der Waals surface area (Å²) in [4.78, 5) is 16.9. The molecule has 2 aromatic rings. The van der Waals surface area contributed by atoms with Gasteiger partial charge in [-0.05, 0) is 25.0 Å². The average Bonchev–Trinajstić information content (AvgIpc) is 2.48. The maximum atomic E-state index is 12.6. The molecule has 5 heteroatoms. The second-order valence-corrected chi connectivity index (χ2v) is 5.79. The number of rotatable bonds is 6. The third-order valence-electron chi connectivity index (χ3n) is 3.22. The molecule has 0 spiro atoms. The largest absolute Gasteiger partial charge is 0.493 e. The summed E-state index contributed by atoms with van der Waals surface area (Å²) in [6.45, 7) is 3.97. The number of aromatic nitrogens is 2. The quantitative estimate of drug-likeness (QED) is 0.505. The van der Waals surface area contributed by atoms with Crippen LogP contribution < -0.4 is 5.56 Å². The Morgan fingerprint density at radius 3 is 2.57 bits per heavy atom. The molecule has 0 amide bonds. The molecule has 0 saturated carbocycles. The molecule has 0 atom stereocenters. The van der Waals surface area contributed by atoms with Gasteiger partial charge in [-0.15, -0.1) is 0 Å². The zero-order valence-corrected chi connectivity index (χ0v) is 13.2. The molecule has 1 N–H and O–H groups in total. The van der Waals surface area contributed by atoms with Gasteiger partial charge in [0.15, 0.2) is 5.16 Å². The van der Waals surface area contributed by atoms with Crippen molar-refractivity contribution in [3.63, 3.8) is 0 Å². The Labute approximate surface area is 128 Å². The molecule has 2 rings (SSSR count). The second kappa shape index (κ2) is 7.31. The first-order valence-corrected chi connectivity index (χ1v) is 8.20. The van der Waals surface area contributed by atoms with E-state index in [1.165, 1.54) is 11.8 Å². The van der Waals surface area contributed by atoms with Crippen molar-refractivity contribution >= 4 is 11.8 Å². The standard InChI is InChI=1S/C16H20N2O2S/c1-3-5-11-21-16-17-14(19)13(4-2)15(20)18(16)12-9-7-6-8-10-12/h6-10,19H,3-5,11H2,1-2H3. The van der Waals surface area contributed by atoms with Crippen molar-refractivity contribution < 1.29 is 5.11 Å². The van der Waals surface area contributed by atoms with Gasteiger partial charge in [-0.25, -0.2) is 0 Å². The topological polar surface area (TPSA) is 55.1 Å². The first-order valence-electron chi connectivity index (χ1n) is 7.22. The predicted molar refractivity (Wildman–Crippen MR) is 86.5 cm³/mol. The van der Waals surface area contributed by atoms with E-state index in [0.29, 0.717) is 17.1 Å². The van der Waals surface area contributed by atoms with Gasteiger partial charge >= 0.3 is 0 Å². The highest BCUT2D eigenvalue weighted by Gasteiger charge is 2.16. The fraction of sp³-hybridized carbons (Fsp3) is 0.375. The summed E-state index contributed by atoms with van der Waals surface area (Å²) < 4.78 is 1.60. The maximum Gasteiger partial charge on any atom is 0.265 e. The molecular weight excluding hydrogens is 284 g/mol.